The first-order valence-corrected chi connectivity index (χ1v) is 10.1. The van der Waals surface area contributed by atoms with Crippen LogP contribution in [0.2, 0.25) is 0 Å². The summed E-state index contributed by atoms with van der Waals surface area (Å²) in [6.45, 7) is 0.0255. The number of methoxy groups -OCH3 is 1. The quantitative estimate of drug-likeness (QED) is 0.804. The Kier molecular flexibility index (Phi) is 5.27. The van der Waals surface area contributed by atoms with E-state index in [1.165, 1.54) is 18.1 Å². The lowest BCUT2D eigenvalue weighted by molar-refractivity contribution is 0.0679. The molecule has 1 saturated heterocycles. The van der Waals surface area contributed by atoms with Gasteiger partial charge in [-0.15, -0.1) is 0 Å². The van der Waals surface area contributed by atoms with Crippen LogP contribution in [-0.4, -0.2) is 43.9 Å². The van der Waals surface area contributed by atoms with Crippen molar-refractivity contribution in [3.05, 3.63) is 65.5 Å². The SMILES string of the molecule is COc1ccc(C(=O)N(Cc2ccccc2F)[C@@H]2CCS(=O)(=O)C2)cc1. The number of hydrogen-bond acceptors (Lipinski definition) is 4. The highest BCUT2D eigenvalue weighted by molar-refractivity contribution is 7.91. The Bertz CT molecular complexity index is 896. The average Bonchev–Trinajstić information content (AvgIpc) is 3.00. The Morgan fingerprint density at radius 3 is 2.46 bits per heavy atom. The standard InChI is InChI=1S/C19H20FNO4S/c1-25-17-8-6-14(7-9-17)19(22)21(16-10-11-26(23,24)13-16)12-15-4-2-3-5-18(15)20/h2-9,16H,10-13H2,1H3/t16-/m1/s1. The van der Waals surface area contributed by atoms with Crippen molar-refractivity contribution >= 4 is 15.7 Å². The lowest BCUT2D eigenvalue weighted by Gasteiger charge is -2.28. The minimum absolute atomic E-state index is 0.0255. The summed E-state index contributed by atoms with van der Waals surface area (Å²) in [5.41, 5.74) is 0.769. The molecule has 0 spiro atoms. The summed E-state index contributed by atoms with van der Waals surface area (Å²) in [6, 6.07) is 12.3. The van der Waals surface area contributed by atoms with Gasteiger partial charge >= 0.3 is 0 Å². The molecule has 1 fully saturated rings. The highest BCUT2D eigenvalue weighted by Crippen LogP contribution is 2.24. The van der Waals surface area contributed by atoms with Crippen LogP contribution < -0.4 is 4.74 Å². The summed E-state index contributed by atoms with van der Waals surface area (Å²) in [4.78, 5) is 14.5. The van der Waals surface area contributed by atoms with E-state index in [2.05, 4.69) is 0 Å². The molecule has 0 bridgehead atoms. The third kappa shape index (κ3) is 4.04. The van der Waals surface area contributed by atoms with Gasteiger partial charge in [0.1, 0.15) is 11.6 Å². The second kappa shape index (κ2) is 7.45. The number of ether oxygens (including phenoxy) is 1. The van der Waals surface area contributed by atoms with Crippen LogP contribution in [0.25, 0.3) is 0 Å². The molecule has 3 rings (SSSR count). The Hall–Kier alpha value is -2.41. The normalized spacial score (nSPS) is 18.5. The number of nitrogens with zero attached hydrogens (tertiary/aromatic N) is 1. The summed E-state index contributed by atoms with van der Waals surface area (Å²) in [5, 5.41) is 0. The van der Waals surface area contributed by atoms with E-state index in [1.54, 1.807) is 42.5 Å². The van der Waals surface area contributed by atoms with Gasteiger partial charge in [0.05, 0.1) is 18.6 Å². The maximum atomic E-state index is 14.1. The monoisotopic (exact) mass is 377 g/mol. The number of sulfone groups is 1. The van der Waals surface area contributed by atoms with Crippen molar-refractivity contribution in [2.24, 2.45) is 0 Å². The molecule has 0 aromatic heterocycles. The molecule has 1 atom stereocenters. The Morgan fingerprint density at radius 2 is 1.88 bits per heavy atom. The first kappa shape index (κ1) is 18.4. The lowest BCUT2D eigenvalue weighted by Crippen LogP contribution is -2.40. The molecule has 5 nitrogen and oxygen atoms in total. The fourth-order valence-electron chi connectivity index (χ4n) is 3.10. The molecular formula is C19H20FNO4S. The topological polar surface area (TPSA) is 63.7 Å². The molecule has 2 aromatic rings. The zero-order valence-corrected chi connectivity index (χ0v) is 15.2. The lowest BCUT2D eigenvalue weighted by atomic mass is 10.1. The van der Waals surface area contributed by atoms with Crippen LogP contribution >= 0.6 is 0 Å². The van der Waals surface area contributed by atoms with Crippen LogP contribution in [0, 0.1) is 5.82 Å². The Balaban J connectivity index is 1.91. The largest absolute Gasteiger partial charge is 0.497 e. The van der Waals surface area contributed by atoms with Crippen LogP contribution in [0.4, 0.5) is 4.39 Å². The molecule has 1 aliphatic heterocycles. The van der Waals surface area contributed by atoms with Crippen molar-refractivity contribution in [1.82, 2.24) is 4.90 Å². The van der Waals surface area contributed by atoms with E-state index in [0.717, 1.165) is 0 Å². The van der Waals surface area contributed by atoms with E-state index in [4.69, 9.17) is 4.74 Å². The number of carbonyl (C=O) groups is 1. The van der Waals surface area contributed by atoms with Crippen LogP contribution in [0.3, 0.4) is 0 Å². The molecule has 0 radical (unpaired) electrons. The fourth-order valence-corrected chi connectivity index (χ4v) is 4.83. The van der Waals surface area contributed by atoms with E-state index in [0.29, 0.717) is 23.3 Å². The highest BCUT2D eigenvalue weighted by Gasteiger charge is 2.35. The first-order valence-electron chi connectivity index (χ1n) is 8.28. The molecule has 7 heteroatoms. The maximum absolute atomic E-state index is 14.1. The Morgan fingerprint density at radius 1 is 1.19 bits per heavy atom. The molecule has 0 saturated carbocycles. The van der Waals surface area contributed by atoms with E-state index < -0.39 is 21.7 Å². The number of amides is 1. The van der Waals surface area contributed by atoms with Crippen molar-refractivity contribution in [2.45, 2.75) is 19.0 Å². The minimum atomic E-state index is -3.18. The zero-order chi connectivity index (χ0) is 18.7. The van der Waals surface area contributed by atoms with Crippen molar-refractivity contribution in [3.8, 4) is 5.75 Å². The Labute approximate surface area is 152 Å². The molecule has 1 aliphatic rings. The molecule has 26 heavy (non-hydrogen) atoms. The number of benzene rings is 2. The third-order valence-corrected chi connectivity index (χ3v) is 6.30. The molecule has 1 amide bonds. The van der Waals surface area contributed by atoms with Crippen molar-refractivity contribution in [1.29, 1.82) is 0 Å². The predicted molar refractivity (Wildman–Crippen MR) is 96.3 cm³/mol. The van der Waals surface area contributed by atoms with Gasteiger partial charge in [-0.1, -0.05) is 18.2 Å². The minimum Gasteiger partial charge on any atom is -0.497 e. The van der Waals surface area contributed by atoms with Crippen molar-refractivity contribution in [3.63, 3.8) is 0 Å². The number of carbonyl (C=O) groups excluding carboxylic acids is 1. The summed E-state index contributed by atoms with van der Waals surface area (Å²) in [5.74, 6) is -0.172. The summed E-state index contributed by atoms with van der Waals surface area (Å²) in [7, 11) is -1.64. The maximum Gasteiger partial charge on any atom is 0.254 e. The van der Waals surface area contributed by atoms with Gasteiger partial charge in [-0.3, -0.25) is 4.79 Å². The number of rotatable bonds is 5. The number of halogens is 1. The smallest absolute Gasteiger partial charge is 0.254 e. The van der Waals surface area contributed by atoms with Gasteiger partial charge in [0.25, 0.3) is 5.91 Å². The van der Waals surface area contributed by atoms with E-state index in [1.807, 2.05) is 0 Å². The van der Waals surface area contributed by atoms with Gasteiger partial charge in [0.2, 0.25) is 0 Å². The second-order valence-electron chi connectivity index (χ2n) is 6.31. The van der Waals surface area contributed by atoms with E-state index in [-0.39, 0.29) is 24.0 Å². The summed E-state index contributed by atoms with van der Waals surface area (Å²) >= 11 is 0. The average molecular weight is 377 g/mol. The van der Waals surface area contributed by atoms with Gasteiger partial charge in [-0.2, -0.15) is 0 Å². The summed E-state index contributed by atoms with van der Waals surface area (Å²) < 4.78 is 42.9. The molecule has 0 unspecified atom stereocenters. The van der Waals surface area contributed by atoms with Gasteiger partial charge in [0.15, 0.2) is 9.84 Å². The third-order valence-electron chi connectivity index (χ3n) is 4.55. The van der Waals surface area contributed by atoms with Crippen LogP contribution in [0.5, 0.6) is 5.75 Å². The van der Waals surface area contributed by atoms with Crippen LogP contribution in [0.1, 0.15) is 22.3 Å². The molecular weight excluding hydrogens is 357 g/mol. The van der Waals surface area contributed by atoms with Gasteiger partial charge < -0.3 is 9.64 Å². The number of hydrogen-bond donors (Lipinski definition) is 0. The van der Waals surface area contributed by atoms with Crippen LogP contribution in [0.15, 0.2) is 48.5 Å². The van der Waals surface area contributed by atoms with Gasteiger partial charge in [0, 0.05) is 23.7 Å². The van der Waals surface area contributed by atoms with Crippen molar-refractivity contribution < 1.29 is 22.3 Å². The van der Waals surface area contributed by atoms with Crippen LogP contribution in [-0.2, 0) is 16.4 Å². The van der Waals surface area contributed by atoms with Gasteiger partial charge in [-0.05, 0) is 36.8 Å². The fraction of sp³-hybridized carbons (Fsp3) is 0.316. The van der Waals surface area contributed by atoms with E-state index in [9.17, 15) is 17.6 Å². The van der Waals surface area contributed by atoms with E-state index >= 15 is 0 Å². The zero-order valence-electron chi connectivity index (χ0n) is 14.4. The van der Waals surface area contributed by atoms with Gasteiger partial charge in [-0.25, -0.2) is 12.8 Å². The molecule has 0 aliphatic carbocycles. The first-order chi connectivity index (χ1) is 12.4. The molecule has 0 N–H and O–H groups in total. The highest BCUT2D eigenvalue weighted by atomic mass is 32.2. The second-order valence-corrected chi connectivity index (χ2v) is 8.54. The predicted octanol–water partition coefficient (Wildman–Crippen LogP) is 2.66. The molecule has 138 valence electrons. The van der Waals surface area contributed by atoms with Crippen molar-refractivity contribution in [2.75, 3.05) is 18.6 Å². The molecule has 1 heterocycles. The summed E-state index contributed by atoms with van der Waals surface area (Å²) in [6.07, 6.45) is 0.360. The molecule has 2 aromatic carbocycles.